The molecule has 1 N–H and O–H groups in total. The van der Waals surface area contributed by atoms with Gasteiger partial charge in [-0.1, -0.05) is 26.2 Å². The lowest BCUT2D eigenvalue weighted by molar-refractivity contribution is -0.135. The standard InChI is InChI=1S/C12H22N2O/c1-10-5-3-2-4-6-11(10)14-8-7-13-9-12(14)15/h10-11,13H,2-9H2,1H3. The van der Waals surface area contributed by atoms with E-state index in [1.54, 1.807) is 0 Å². The van der Waals surface area contributed by atoms with Crippen molar-refractivity contribution in [2.24, 2.45) is 5.92 Å². The molecule has 2 fully saturated rings. The van der Waals surface area contributed by atoms with Crippen molar-refractivity contribution in [3.63, 3.8) is 0 Å². The van der Waals surface area contributed by atoms with Crippen molar-refractivity contribution in [2.45, 2.75) is 45.1 Å². The fraction of sp³-hybridized carbons (Fsp3) is 0.917. The summed E-state index contributed by atoms with van der Waals surface area (Å²) in [4.78, 5) is 13.9. The first-order chi connectivity index (χ1) is 7.29. The van der Waals surface area contributed by atoms with Gasteiger partial charge in [-0.25, -0.2) is 0 Å². The van der Waals surface area contributed by atoms with Crippen molar-refractivity contribution >= 4 is 5.91 Å². The summed E-state index contributed by atoms with van der Waals surface area (Å²) in [6.45, 7) is 4.73. The zero-order chi connectivity index (χ0) is 10.7. The average molecular weight is 210 g/mol. The predicted molar refractivity (Wildman–Crippen MR) is 60.6 cm³/mol. The second-order valence-electron chi connectivity index (χ2n) is 4.95. The summed E-state index contributed by atoms with van der Waals surface area (Å²) < 4.78 is 0. The van der Waals surface area contributed by atoms with Crippen LogP contribution in [0.4, 0.5) is 0 Å². The van der Waals surface area contributed by atoms with Gasteiger partial charge in [-0.15, -0.1) is 0 Å². The number of carbonyl (C=O) groups excluding carboxylic acids is 1. The monoisotopic (exact) mass is 210 g/mol. The molecule has 2 rings (SSSR count). The molecule has 1 saturated carbocycles. The lowest BCUT2D eigenvalue weighted by atomic mass is 9.95. The third kappa shape index (κ3) is 2.51. The largest absolute Gasteiger partial charge is 0.337 e. The van der Waals surface area contributed by atoms with E-state index in [2.05, 4.69) is 17.1 Å². The molecule has 3 nitrogen and oxygen atoms in total. The molecule has 0 aromatic heterocycles. The van der Waals surface area contributed by atoms with Gasteiger partial charge in [0.15, 0.2) is 0 Å². The van der Waals surface area contributed by atoms with E-state index in [9.17, 15) is 4.79 Å². The highest BCUT2D eigenvalue weighted by Crippen LogP contribution is 2.27. The highest BCUT2D eigenvalue weighted by Gasteiger charge is 2.30. The van der Waals surface area contributed by atoms with Crippen LogP contribution < -0.4 is 5.32 Å². The molecule has 0 radical (unpaired) electrons. The van der Waals surface area contributed by atoms with E-state index < -0.39 is 0 Å². The van der Waals surface area contributed by atoms with E-state index in [0.717, 1.165) is 13.1 Å². The van der Waals surface area contributed by atoms with Gasteiger partial charge >= 0.3 is 0 Å². The second kappa shape index (κ2) is 4.97. The molecule has 2 aliphatic rings. The molecule has 0 bridgehead atoms. The zero-order valence-corrected chi connectivity index (χ0v) is 9.67. The number of carbonyl (C=O) groups is 1. The number of hydrogen-bond acceptors (Lipinski definition) is 2. The van der Waals surface area contributed by atoms with E-state index in [1.165, 1.54) is 32.1 Å². The summed E-state index contributed by atoms with van der Waals surface area (Å²) in [5, 5.41) is 3.14. The summed E-state index contributed by atoms with van der Waals surface area (Å²) in [6, 6.07) is 0.516. The second-order valence-corrected chi connectivity index (χ2v) is 4.95. The summed E-state index contributed by atoms with van der Waals surface area (Å²) in [5.41, 5.74) is 0. The van der Waals surface area contributed by atoms with Crippen LogP contribution in [0.2, 0.25) is 0 Å². The van der Waals surface area contributed by atoms with Crippen molar-refractivity contribution < 1.29 is 4.79 Å². The van der Waals surface area contributed by atoms with Crippen molar-refractivity contribution in [3.05, 3.63) is 0 Å². The molecule has 0 aromatic carbocycles. The Morgan fingerprint density at radius 1 is 1.27 bits per heavy atom. The molecular formula is C12H22N2O. The SMILES string of the molecule is CC1CCCCCC1N1CCNCC1=O. The third-order valence-electron chi connectivity index (χ3n) is 3.84. The number of nitrogens with one attached hydrogen (secondary N) is 1. The first-order valence-corrected chi connectivity index (χ1v) is 6.29. The molecule has 3 heteroatoms. The molecule has 1 aliphatic heterocycles. The van der Waals surface area contributed by atoms with Crippen LogP contribution in [0, 0.1) is 5.92 Å². The fourth-order valence-corrected chi connectivity index (χ4v) is 2.91. The van der Waals surface area contributed by atoms with Crippen molar-refractivity contribution in [1.82, 2.24) is 10.2 Å². The van der Waals surface area contributed by atoms with Gasteiger partial charge in [-0.3, -0.25) is 4.79 Å². The lowest BCUT2D eigenvalue weighted by Crippen LogP contribution is -2.54. The Morgan fingerprint density at radius 3 is 2.87 bits per heavy atom. The molecule has 1 aliphatic carbocycles. The van der Waals surface area contributed by atoms with Crippen LogP contribution in [0.15, 0.2) is 0 Å². The van der Waals surface area contributed by atoms with Gasteiger partial charge in [0, 0.05) is 19.1 Å². The van der Waals surface area contributed by atoms with Crippen LogP contribution in [0.3, 0.4) is 0 Å². The maximum atomic E-state index is 11.8. The molecule has 2 unspecified atom stereocenters. The maximum Gasteiger partial charge on any atom is 0.236 e. The Morgan fingerprint density at radius 2 is 2.07 bits per heavy atom. The van der Waals surface area contributed by atoms with Crippen LogP contribution in [-0.2, 0) is 4.79 Å². The fourth-order valence-electron chi connectivity index (χ4n) is 2.91. The van der Waals surface area contributed by atoms with E-state index in [0.29, 0.717) is 24.4 Å². The maximum absolute atomic E-state index is 11.8. The van der Waals surface area contributed by atoms with E-state index in [-0.39, 0.29) is 0 Å². The Balaban J connectivity index is 2.02. The first-order valence-electron chi connectivity index (χ1n) is 6.29. The highest BCUT2D eigenvalue weighted by atomic mass is 16.2. The quantitative estimate of drug-likeness (QED) is 0.663. The van der Waals surface area contributed by atoms with Crippen LogP contribution in [-0.4, -0.2) is 36.5 Å². The minimum absolute atomic E-state index is 0.306. The number of nitrogens with zero attached hydrogens (tertiary/aromatic N) is 1. The van der Waals surface area contributed by atoms with Gasteiger partial charge in [0.05, 0.1) is 6.54 Å². The van der Waals surface area contributed by atoms with Crippen molar-refractivity contribution in [3.8, 4) is 0 Å². The lowest BCUT2D eigenvalue weighted by Gasteiger charge is -2.37. The van der Waals surface area contributed by atoms with Gasteiger partial charge in [0.2, 0.25) is 5.91 Å². The normalized spacial score (nSPS) is 33.9. The summed E-state index contributed by atoms with van der Waals surface area (Å²) in [7, 11) is 0. The third-order valence-corrected chi connectivity index (χ3v) is 3.84. The number of hydrogen-bond donors (Lipinski definition) is 1. The number of rotatable bonds is 1. The number of amides is 1. The van der Waals surface area contributed by atoms with E-state index in [4.69, 9.17) is 0 Å². The summed E-state index contributed by atoms with van der Waals surface area (Å²) in [6.07, 6.45) is 6.50. The smallest absolute Gasteiger partial charge is 0.236 e. The summed E-state index contributed by atoms with van der Waals surface area (Å²) in [5.74, 6) is 0.995. The Bertz CT molecular complexity index is 230. The molecule has 1 heterocycles. The van der Waals surface area contributed by atoms with Crippen LogP contribution in [0.5, 0.6) is 0 Å². The topological polar surface area (TPSA) is 32.3 Å². The Hall–Kier alpha value is -0.570. The molecule has 0 aromatic rings. The van der Waals surface area contributed by atoms with Crippen LogP contribution in [0.1, 0.15) is 39.0 Å². The van der Waals surface area contributed by atoms with Gasteiger partial charge < -0.3 is 10.2 Å². The average Bonchev–Trinajstić information content (AvgIpc) is 2.44. The highest BCUT2D eigenvalue weighted by molar-refractivity contribution is 5.79. The predicted octanol–water partition coefficient (Wildman–Crippen LogP) is 1.39. The van der Waals surface area contributed by atoms with Crippen LogP contribution in [0.25, 0.3) is 0 Å². The van der Waals surface area contributed by atoms with Crippen molar-refractivity contribution in [1.29, 1.82) is 0 Å². The van der Waals surface area contributed by atoms with Gasteiger partial charge in [-0.2, -0.15) is 0 Å². The number of piperazine rings is 1. The zero-order valence-electron chi connectivity index (χ0n) is 9.67. The van der Waals surface area contributed by atoms with Gasteiger partial charge in [0.1, 0.15) is 0 Å². The minimum Gasteiger partial charge on any atom is -0.337 e. The molecule has 1 saturated heterocycles. The molecule has 86 valence electrons. The molecule has 2 atom stereocenters. The molecular weight excluding hydrogens is 188 g/mol. The van der Waals surface area contributed by atoms with Crippen LogP contribution >= 0.6 is 0 Å². The minimum atomic E-state index is 0.306. The summed E-state index contributed by atoms with van der Waals surface area (Å²) >= 11 is 0. The first kappa shape index (κ1) is 10.9. The molecule has 15 heavy (non-hydrogen) atoms. The Labute approximate surface area is 92.2 Å². The van der Waals surface area contributed by atoms with E-state index in [1.807, 2.05) is 0 Å². The Kier molecular flexibility index (Phi) is 3.62. The van der Waals surface area contributed by atoms with Gasteiger partial charge in [-0.05, 0) is 18.8 Å². The van der Waals surface area contributed by atoms with E-state index >= 15 is 0 Å². The molecule has 0 spiro atoms. The van der Waals surface area contributed by atoms with Crippen molar-refractivity contribution in [2.75, 3.05) is 19.6 Å². The van der Waals surface area contributed by atoms with Gasteiger partial charge in [0.25, 0.3) is 0 Å². The molecule has 1 amide bonds.